The van der Waals surface area contributed by atoms with Crippen LogP contribution in [0.4, 0.5) is 0 Å². The molecule has 140 valence electrons. The molecular weight excluding hydrogens is 304 g/mol. The Morgan fingerprint density at radius 1 is 1.12 bits per heavy atom. The Labute approximate surface area is 147 Å². The smallest absolute Gasteiger partial charge is 0.239 e. The minimum Gasteiger partial charge on any atom is -0.383 e. The van der Waals surface area contributed by atoms with Crippen molar-refractivity contribution >= 4 is 5.91 Å². The zero-order valence-electron chi connectivity index (χ0n) is 16.0. The van der Waals surface area contributed by atoms with E-state index in [4.69, 9.17) is 4.74 Å². The van der Waals surface area contributed by atoms with Crippen molar-refractivity contribution in [3.05, 3.63) is 0 Å². The number of hydrogen-bond donors (Lipinski definition) is 0. The van der Waals surface area contributed by atoms with E-state index < -0.39 is 0 Å². The molecule has 0 radical (unpaired) electrons. The summed E-state index contributed by atoms with van der Waals surface area (Å²) in [6.45, 7) is 16.1. The Morgan fingerprint density at radius 3 is 2.42 bits per heavy atom. The Kier molecular flexibility index (Phi) is 7.94. The van der Waals surface area contributed by atoms with Gasteiger partial charge in [0, 0.05) is 65.5 Å². The van der Waals surface area contributed by atoms with Gasteiger partial charge in [-0.3, -0.25) is 14.6 Å². The van der Waals surface area contributed by atoms with Gasteiger partial charge in [0.05, 0.1) is 12.6 Å². The molecule has 2 heterocycles. The third-order valence-electron chi connectivity index (χ3n) is 5.73. The van der Waals surface area contributed by atoms with Gasteiger partial charge in [-0.2, -0.15) is 0 Å². The molecule has 2 rings (SSSR count). The second-order valence-electron chi connectivity index (χ2n) is 7.02. The van der Waals surface area contributed by atoms with Crippen LogP contribution < -0.4 is 0 Å². The monoisotopic (exact) mass is 340 g/mol. The van der Waals surface area contributed by atoms with Gasteiger partial charge in [-0.25, -0.2) is 0 Å². The van der Waals surface area contributed by atoms with E-state index in [0.717, 1.165) is 71.9 Å². The molecule has 6 nitrogen and oxygen atoms in total. The number of nitrogens with zero attached hydrogens (tertiary/aromatic N) is 4. The molecule has 2 aliphatic heterocycles. The molecular formula is C18H36N4O2. The number of carbonyl (C=O) groups is 1. The fraction of sp³-hybridized carbons (Fsp3) is 0.944. The van der Waals surface area contributed by atoms with Crippen LogP contribution in [0.1, 0.15) is 27.2 Å². The fourth-order valence-corrected chi connectivity index (χ4v) is 3.86. The maximum Gasteiger partial charge on any atom is 0.239 e. The average molecular weight is 341 g/mol. The lowest BCUT2D eigenvalue weighted by atomic mass is 10.1. The van der Waals surface area contributed by atoms with Gasteiger partial charge in [0.2, 0.25) is 5.91 Å². The van der Waals surface area contributed by atoms with Gasteiger partial charge in [0.25, 0.3) is 0 Å². The van der Waals surface area contributed by atoms with E-state index in [1.54, 1.807) is 7.11 Å². The van der Waals surface area contributed by atoms with Crippen LogP contribution in [0, 0.1) is 0 Å². The van der Waals surface area contributed by atoms with Crippen LogP contribution in [0.25, 0.3) is 0 Å². The van der Waals surface area contributed by atoms with Crippen molar-refractivity contribution in [1.29, 1.82) is 0 Å². The minimum absolute atomic E-state index is 0.00296. The van der Waals surface area contributed by atoms with E-state index in [2.05, 4.69) is 40.4 Å². The third-order valence-corrected chi connectivity index (χ3v) is 5.73. The predicted molar refractivity (Wildman–Crippen MR) is 97.3 cm³/mol. The van der Waals surface area contributed by atoms with Crippen LogP contribution in [0.2, 0.25) is 0 Å². The molecule has 0 saturated carbocycles. The number of likely N-dealkylation sites (N-methyl/N-ethyl adjacent to an activating group) is 1. The van der Waals surface area contributed by atoms with E-state index >= 15 is 0 Å². The Balaban J connectivity index is 1.86. The van der Waals surface area contributed by atoms with Crippen molar-refractivity contribution < 1.29 is 9.53 Å². The van der Waals surface area contributed by atoms with Crippen molar-refractivity contribution in [2.75, 3.05) is 72.6 Å². The molecule has 0 aromatic carbocycles. The molecule has 2 fully saturated rings. The standard InChI is InChI=1S/C18H36N4O2/c1-5-17-15-22(12-11-20(17)13-14-24-4)16(3)18(23)21-9-7-19(6-2)8-10-21/h16-17H,5-15H2,1-4H3/t16-,17+/m1/s1. The number of carbonyl (C=O) groups excluding carboxylic acids is 1. The maximum atomic E-state index is 12.9. The second-order valence-corrected chi connectivity index (χ2v) is 7.02. The number of rotatable bonds is 7. The number of ether oxygens (including phenoxy) is 1. The summed E-state index contributed by atoms with van der Waals surface area (Å²) in [5.41, 5.74) is 0. The fourth-order valence-electron chi connectivity index (χ4n) is 3.86. The topological polar surface area (TPSA) is 39.3 Å². The zero-order chi connectivity index (χ0) is 17.5. The lowest BCUT2D eigenvalue weighted by molar-refractivity contribution is -0.139. The molecule has 1 amide bonds. The molecule has 0 unspecified atom stereocenters. The molecule has 6 heteroatoms. The summed E-state index contributed by atoms with van der Waals surface area (Å²) in [5, 5.41) is 0. The molecule has 24 heavy (non-hydrogen) atoms. The molecule has 2 saturated heterocycles. The van der Waals surface area contributed by atoms with Crippen LogP contribution in [-0.4, -0.2) is 110 Å². The number of piperazine rings is 2. The van der Waals surface area contributed by atoms with E-state index in [0.29, 0.717) is 11.9 Å². The highest BCUT2D eigenvalue weighted by atomic mass is 16.5. The summed E-state index contributed by atoms with van der Waals surface area (Å²) in [6.07, 6.45) is 1.12. The van der Waals surface area contributed by atoms with Crippen molar-refractivity contribution in [3.63, 3.8) is 0 Å². The van der Waals surface area contributed by atoms with E-state index in [-0.39, 0.29) is 6.04 Å². The van der Waals surface area contributed by atoms with Gasteiger partial charge in [0.15, 0.2) is 0 Å². The first-order valence-electron chi connectivity index (χ1n) is 9.58. The summed E-state index contributed by atoms with van der Waals surface area (Å²) < 4.78 is 5.23. The van der Waals surface area contributed by atoms with Gasteiger partial charge < -0.3 is 14.5 Å². The quantitative estimate of drug-likeness (QED) is 0.678. The maximum absolute atomic E-state index is 12.9. The molecule has 0 aromatic heterocycles. The van der Waals surface area contributed by atoms with Crippen LogP contribution >= 0.6 is 0 Å². The lowest BCUT2D eigenvalue weighted by Crippen LogP contribution is -2.60. The number of hydrogen-bond acceptors (Lipinski definition) is 5. The van der Waals surface area contributed by atoms with Crippen molar-refractivity contribution in [1.82, 2.24) is 19.6 Å². The highest BCUT2D eigenvalue weighted by molar-refractivity contribution is 5.81. The average Bonchev–Trinajstić information content (AvgIpc) is 2.65. The van der Waals surface area contributed by atoms with Gasteiger partial charge in [-0.1, -0.05) is 13.8 Å². The molecule has 2 aliphatic rings. The number of amides is 1. The third kappa shape index (κ3) is 4.91. The first-order chi connectivity index (χ1) is 11.6. The predicted octanol–water partition coefficient (Wildman–Crippen LogP) is 0.582. The summed E-state index contributed by atoms with van der Waals surface area (Å²) in [4.78, 5) is 22.2. The van der Waals surface area contributed by atoms with Crippen molar-refractivity contribution in [3.8, 4) is 0 Å². The normalized spacial score (nSPS) is 25.8. The summed E-state index contributed by atoms with van der Waals surface area (Å²) in [7, 11) is 1.76. The van der Waals surface area contributed by atoms with Gasteiger partial charge in [-0.05, 0) is 19.9 Å². The SMILES string of the molecule is CC[C@H]1CN([C@H](C)C(=O)N2CCN(CC)CC2)CCN1CCOC. The van der Waals surface area contributed by atoms with Gasteiger partial charge in [-0.15, -0.1) is 0 Å². The zero-order valence-corrected chi connectivity index (χ0v) is 16.0. The molecule has 0 spiro atoms. The van der Waals surface area contributed by atoms with Crippen molar-refractivity contribution in [2.24, 2.45) is 0 Å². The van der Waals surface area contributed by atoms with Gasteiger partial charge in [0.1, 0.15) is 0 Å². The van der Waals surface area contributed by atoms with E-state index in [1.165, 1.54) is 0 Å². The van der Waals surface area contributed by atoms with Crippen molar-refractivity contribution in [2.45, 2.75) is 39.3 Å². The van der Waals surface area contributed by atoms with E-state index in [9.17, 15) is 4.79 Å². The molecule has 2 atom stereocenters. The summed E-state index contributed by atoms with van der Waals surface area (Å²) in [5.74, 6) is 0.311. The second kappa shape index (κ2) is 9.70. The Hall–Kier alpha value is -0.690. The van der Waals surface area contributed by atoms with Crippen LogP contribution in [0.5, 0.6) is 0 Å². The van der Waals surface area contributed by atoms with E-state index in [1.807, 2.05) is 0 Å². The minimum atomic E-state index is -0.00296. The lowest BCUT2D eigenvalue weighted by Gasteiger charge is -2.44. The molecule has 0 N–H and O–H groups in total. The molecule has 0 aliphatic carbocycles. The number of methoxy groups -OCH3 is 1. The first-order valence-corrected chi connectivity index (χ1v) is 9.58. The summed E-state index contributed by atoms with van der Waals surface area (Å²) in [6, 6.07) is 0.526. The molecule has 0 bridgehead atoms. The summed E-state index contributed by atoms with van der Waals surface area (Å²) >= 11 is 0. The van der Waals surface area contributed by atoms with Gasteiger partial charge >= 0.3 is 0 Å². The first kappa shape index (κ1) is 19.6. The van der Waals surface area contributed by atoms with Crippen LogP contribution in [-0.2, 0) is 9.53 Å². The van der Waals surface area contributed by atoms with Crippen LogP contribution in [0.3, 0.4) is 0 Å². The highest BCUT2D eigenvalue weighted by Gasteiger charge is 2.33. The Morgan fingerprint density at radius 2 is 1.83 bits per heavy atom. The van der Waals surface area contributed by atoms with Crippen LogP contribution in [0.15, 0.2) is 0 Å². The largest absolute Gasteiger partial charge is 0.383 e. The highest BCUT2D eigenvalue weighted by Crippen LogP contribution is 2.17. The Bertz CT molecular complexity index is 385. The molecule has 0 aromatic rings.